The first kappa shape index (κ1) is 24.8. The van der Waals surface area contributed by atoms with Crippen molar-refractivity contribution in [2.45, 2.75) is 24.2 Å². The molecule has 0 spiro atoms. The molecule has 0 radical (unpaired) electrons. The van der Waals surface area contributed by atoms with Crippen molar-refractivity contribution in [1.29, 1.82) is 0 Å². The molecular weight excluding hydrogens is 463 g/mol. The number of alkyl halides is 3. The molecule has 0 saturated carbocycles. The summed E-state index contributed by atoms with van der Waals surface area (Å²) in [6.07, 6.45) is -4.86. The molecule has 33 heavy (non-hydrogen) atoms. The summed E-state index contributed by atoms with van der Waals surface area (Å²) in [6.45, 7) is 2.63. The lowest BCUT2D eigenvalue weighted by atomic mass is 10.2. The van der Waals surface area contributed by atoms with E-state index in [0.717, 1.165) is 24.3 Å². The van der Waals surface area contributed by atoms with E-state index in [2.05, 4.69) is 10.1 Å². The summed E-state index contributed by atoms with van der Waals surface area (Å²) in [5.41, 5.74) is 0.538. The highest BCUT2D eigenvalue weighted by Crippen LogP contribution is 2.26. The van der Waals surface area contributed by atoms with Gasteiger partial charge in [-0.1, -0.05) is 12.1 Å². The van der Waals surface area contributed by atoms with Crippen molar-refractivity contribution >= 4 is 21.6 Å². The van der Waals surface area contributed by atoms with Crippen LogP contribution >= 0.6 is 0 Å². The minimum Gasteiger partial charge on any atom is -0.495 e. The number of nitrogens with zero attached hydrogens (tertiary/aromatic N) is 2. The van der Waals surface area contributed by atoms with Gasteiger partial charge in [0.1, 0.15) is 11.5 Å². The number of hydrogen-bond acceptors (Lipinski definition) is 6. The topological polar surface area (TPSA) is 88.2 Å². The Morgan fingerprint density at radius 3 is 2.21 bits per heavy atom. The Balaban J connectivity index is 1.59. The molecule has 8 nitrogen and oxygen atoms in total. The number of sulfonamides is 1. The number of carbonyl (C=O) groups excluding carboxylic acids is 1. The van der Waals surface area contributed by atoms with Crippen molar-refractivity contribution in [3.05, 3.63) is 48.5 Å². The zero-order valence-electron chi connectivity index (χ0n) is 18.0. The summed E-state index contributed by atoms with van der Waals surface area (Å²) < 4.78 is 72.9. The second-order valence-corrected chi connectivity index (χ2v) is 9.26. The number of amides is 1. The number of ether oxygens (including phenoxy) is 2. The van der Waals surface area contributed by atoms with Gasteiger partial charge in [0.05, 0.1) is 23.7 Å². The lowest BCUT2D eigenvalue weighted by Crippen LogP contribution is -2.53. The van der Waals surface area contributed by atoms with Gasteiger partial charge in [-0.05, 0) is 43.3 Å². The van der Waals surface area contributed by atoms with Crippen LogP contribution in [0.1, 0.15) is 6.92 Å². The van der Waals surface area contributed by atoms with Crippen LogP contribution in [0.2, 0.25) is 0 Å². The Bertz CT molecular complexity index is 1070. The average Bonchev–Trinajstić information content (AvgIpc) is 2.78. The van der Waals surface area contributed by atoms with Gasteiger partial charge in [0.25, 0.3) is 0 Å². The van der Waals surface area contributed by atoms with Crippen molar-refractivity contribution in [1.82, 2.24) is 9.21 Å². The Morgan fingerprint density at radius 1 is 1.03 bits per heavy atom. The molecule has 0 aromatic heterocycles. The van der Waals surface area contributed by atoms with Crippen molar-refractivity contribution in [2.24, 2.45) is 0 Å². The van der Waals surface area contributed by atoms with E-state index < -0.39 is 28.2 Å². The summed E-state index contributed by atoms with van der Waals surface area (Å²) in [5, 5.41) is 2.82. The number of carbonyl (C=O) groups is 1. The minimum atomic E-state index is -4.86. The smallest absolute Gasteiger partial charge is 0.495 e. The van der Waals surface area contributed by atoms with Crippen molar-refractivity contribution < 1.29 is 35.9 Å². The summed E-state index contributed by atoms with van der Waals surface area (Å²) in [6, 6.07) is 10.6. The summed E-state index contributed by atoms with van der Waals surface area (Å²) in [4.78, 5) is 14.4. The number of methoxy groups -OCH3 is 1. The van der Waals surface area contributed by atoms with E-state index in [1.54, 1.807) is 31.2 Å². The van der Waals surface area contributed by atoms with E-state index in [1.165, 1.54) is 11.4 Å². The number of para-hydroxylation sites is 2. The van der Waals surface area contributed by atoms with Gasteiger partial charge in [-0.25, -0.2) is 8.42 Å². The maximum atomic E-state index is 12.9. The van der Waals surface area contributed by atoms with Crippen molar-refractivity contribution in [3.8, 4) is 11.5 Å². The molecule has 1 saturated heterocycles. The quantitative estimate of drug-likeness (QED) is 0.646. The summed E-state index contributed by atoms with van der Waals surface area (Å²) in [7, 11) is -2.39. The van der Waals surface area contributed by atoms with Crippen molar-refractivity contribution in [3.63, 3.8) is 0 Å². The molecule has 1 unspecified atom stereocenters. The molecule has 2 aromatic carbocycles. The number of nitrogens with one attached hydrogen (secondary N) is 1. The van der Waals surface area contributed by atoms with Gasteiger partial charge in [0.2, 0.25) is 15.9 Å². The Hall–Kier alpha value is -2.83. The predicted molar refractivity (Wildman–Crippen MR) is 115 cm³/mol. The molecule has 180 valence electrons. The van der Waals surface area contributed by atoms with Crippen LogP contribution in [0, 0.1) is 0 Å². The van der Waals surface area contributed by atoms with Gasteiger partial charge >= 0.3 is 6.36 Å². The molecular formula is C21H24F3N3O5S. The SMILES string of the molecule is COc1ccccc1NC(=O)C(C)N1CCN(S(=O)(=O)c2ccc(OC(F)(F)F)cc2)CC1. The second-order valence-electron chi connectivity index (χ2n) is 7.32. The number of benzene rings is 2. The molecule has 1 aliphatic rings. The molecule has 1 aliphatic heterocycles. The van der Waals surface area contributed by atoms with Gasteiger partial charge in [0.15, 0.2) is 0 Å². The molecule has 1 N–H and O–H groups in total. The largest absolute Gasteiger partial charge is 0.573 e. The maximum absolute atomic E-state index is 12.9. The number of piperazine rings is 1. The van der Waals surface area contributed by atoms with Crippen LogP contribution in [0.3, 0.4) is 0 Å². The van der Waals surface area contributed by atoms with Crippen LogP contribution in [0.15, 0.2) is 53.4 Å². The van der Waals surface area contributed by atoms with E-state index in [-0.39, 0.29) is 23.9 Å². The fourth-order valence-electron chi connectivity index (χ4n) is 3.44. The molecule has 1 heterocycles. The standard InChI is InChI=1S/C21H24F3N3O5S/c1-15(20(28)25-18-5-3-4-6-19(18)31-2)26-11-13-27(14-12-26)33(29,30)17-9-7-16(8-10-17)32-21(22,23)24/h3-10,15H,11-14H2,1-2H3,(H,25,28). The average molecular weight is 488 g/mol. The first-order valence-corrected chi connectivity index (χ1v) is 11.5. The molecule has 0 aliphatic carbocycles. The van der Waals surface area contributed by atoms with Crippen LogP contribution in [-0.4, -0.2) is 69.2 Å². The number of hydrogen-bond donors (Lipinski definition) is 1. The van der Waals surface area contributed by atoms with E-state index in [9.17, 15) is 26.4 Å². The molecule has 2 aromatic rings. The molecule has 0 bridgehead atoms. The van der Waals surface area contributed by atoms with Gasteiger partial charge in [-0.15, -0.1) is 13.2 Å². The van der Waals surface area contributed by atoms with Gasteiger partial charge < -0.3 is 14.8 Å². The fourth-order valence-corrected chi connectivity index (χ4v) is 4.87. The predicted octanol–water partition coefficient (Wildman–Crippen LogP) is 2.93. The molecule has 1 fully saturated rings. The maximum Gasteiger partial charge on any atom is 0.573 e. The first-order chi connectivity index (χ1) is 15.5. The number of halogens is 3. The van der Waals surface area contributed by atoms with Gasteiger partial charge in [0, 0.05) is 26.2 Å². The fraction of sp³-hybridized carbons (Fsp3) is 0.381. The second kappa shape index (κ2) is 9.98. The highest BCUT2D eigenvalue weighted by Gasteiger charge is 2.33. The Labute approximate surface area is 189 Å². The van der Waals surface area contributed by atoms with E-state index >= 15 is 0 Å². The molecule has 1 atom stereocenters. The van der Waals surface area contributed by atoms with Gasteiger partial charge in [-0.3, -0.25) is 9.69 Å². The van der Waals surface area contributed by atoms with E-state index in [1.807, 2.05) is 4.90 Å². The first-order valence-electron chi connectivity index (χ1n) is 10.0. The normalized spacial score (nSPS) is 16.8. The van der Waals surface area contributed by atoms with Crippen LogP contribution in [-0.2, 0) is 14.8 Å². The highest BCUT2D eigenvalue weighted by molar-refractivity contribution is 7.89. The Morgan fingerprint density at radius 2 is 1.64 bits per heavy atom. The number of rotatable bonds is 7. The van der Waals surface area contributed by atoms with E-state index in [0.29, 0.717) is 24.5 Å². The van der Waals surface area contributed by atoms with Crippen molar-refractivity contribution in [2.75, 3.05) is 38.6 Å². The van der Waals surface area contributed by atoms with Crippen LogP contribution < -0.4 is 14.8 Å². The van der Waals surface area contributed by atoms with E-state index in [4.69, 9.17) is 4.74 Å². The van der Waals surface area contributed by atoms with Crippen LogP contribution in [0.4, 0.5) is 18.9 Å². The third kappa shape index (κ3) is 6.15. The molecule has 3 rings (SSSR count). The van der Waals surface area contributed by atoms with Crippen LogP contribution in [0.25, 0.3) is 0 Å². The molecule has 1 amide bonds. The monoisotopic (exact) mass is 487 g/mol. The lowest BCUT2D eigenvalue weighted by molar-refractivity contribution is -0.274. The van der Waals surface area contributed by atoms with Gasteiger partial charge in [-0.2, -0.15) is 4.31 Å². The zero-order valence-corrected chi connectivity index (χ0v) is 18.8. The number of anilines is 1. The lowest BCUT2D eigenvalue weighted by Gasteiger charge is -2.36. The summed E-state index contributed by atoms with van der Waals surface area (Å²) in [5.74, 6) is -0.224. The minimum absolute atomic E-state index is 0.132. The summed E-state index contributed by atoms with van der Waals surface area (Å²) >= 11 is 0. The third-order valence-electron chi connectivity index (χ3n) is 5.26. The molecule has 12 heteroatoms. The zero-order chi connectivity index (χ0) is 24.2. The third-order valence-corrected chi connectivity index (χ3v) is 7.17. The van der Waals surface area contributed by atoms with Crippen LogP contribution in [0.5, 0.6) is 11.5 Å². The Kier molecular flexibility index (Phi) is 7.50. The highest BCUT2D eigenvalue weighted by atomic mass is 32.2.